The van der Waals surface area contributed by atoms with Gasteiger partial charge >= 0.3 is 0 Å². The Morgan fingerprint density at radius 1 is 1.16 bits per heavy atom. The van der Waals surface area contributed by atoms with Gasteiger partial charge in [0.05, 0.1) is 5.69 Å². The summed E-state index contributed by atoms with van der Waals surface area (Å²) in [5, 5.41) is 6.47. The average Bonchev–Trinajstić information content (AvgIpc) is 3.06. The van der Waals surface area contributed by atoms with Crippen LogP contribution in [0, 0.1) is 11.7 Å². The van der Waals surface area contributed by atoms with Crippen LogP contribution in [0.2, 0.25) is 0 Å². The summed E-state index contributed by atoms with van der Waals surface area (Å²) in [5.74, 6) is 0.372. The summed E-state index contributed by atoms with van der Waals surface area (Å²) < 4.78 is 13.1. The van der Waals surface area contributed by atoms with Crippen molar-refractivity contribution in [3.63, 3.8) is 0 Å². The first-order valence-corrected chi connectivity index (χ1v) is 9.79. The molecule has 1 aromatic carbocycles. The van der Waals surface area contributed by atoms with Crippen molar-refractivity contribution >= 4 is 16.5 Å². The molecule has 1 saturated heterocycles. The quantitative estimate of drug-likeness (QED) is 0.850. The number of anilines is 1. The molecular weight excluding hydrogens is 335 g/mol. The van der Waals surface area contributed by atoms with Gasteiger partial charge < -0.3 is 10.2 Å². The lowest BCUT2D eigenvalue weighted by Gasteiger charge is -2.39. The smallest absolute Gasteiger partial charge is 0.183 e. The topological polar surface area (TPSA) is 31.4 Å². The minimum Gasteiger partial charge on any atom is -0.360 e. The molecule has 0 bridgehead atoms. The van der Waals surface area contributed by atoms with Crippen molar-refractivity contribution in [3.05, 3.63) is 35.5 Å². The first kappa shape index (κ1) is 18.3. The van der Waals surface area contributed by atoms with Gasteiger partial charge in [-0.3, -0.25) is 4.90 Å². The highest BCUT2D eigenvalue weighted by Gasteiger charge is 2.25. The predicted molar refractivity (Wildman–Crippen MR) is 104 cm³/mol. The average molecular weight is 363 g/mol. The Balaban J connectivity index is 1.60. The molecule has 1 atom stereocenters. The van der Waals surface area contributed by atoms with Gasteiger partial charge in [-0.15, -0.1) is 11.3 Å². The summed E-state index contributed by atoms with van der Waals surface area (Å²) in [4.78, 5) is 9.63. The number of likely N-dealkylation sites (N-methyl/N-ethyl adjacent to an activating group) is 1. The highest BCUT2D eigenvalue weighted by atomic mass is 32.1. The van der Waals surface area contributed by atoms with Gasteiger partial charge in [0.1, 0.15) is 5.82 Å². The van der Waals surface area contributed by atoms with Crippen molar-refractivity contribution in [2.75, 3.05) is 45.1 Å². The Morgan fingerprint density at radius 2 is 1.84 bits per heavy atom. The van der Waals surface area contributed by atoms with E-state index in [0.717, 1.165) is 49.1 Å². The first-order chi connectivity index (χ1) is 12.0. The van der Waals surface area contributed by atoms with E-state index >= 15 is 0 Å². The highest BCUT2D eigenvalue weighted by Crippen LogP contribution is 2.25. The van der Waals surface area contributed by atoms with Crippen LogP contribution in [0.15, 0.2) is 29.6 Å². The first-order valence-electron chi connectivity index (χ1n) is 8.91. The zero-order chi connectivity index (χ0) is 17.8. The lowest BCUT2D eigenvalue weighted by atomic mass is 10.0. The molecule has 2 heterocycles. The van der Waals surface area contributed by atoms with E-state index in [1.165, 1.54) is 12.1 Å². The minimum absolute atomic E-state index is 0.218. The fourth-order valence-electron chi connectivity index (χ4n) is 3.24. The molecule has 3 rings (SSSR count). The molecule has 2 aromatic rings. The van der Waals surface area contributed by atoms with Gasteiger partial charge in [-0.25, -0.2) is 9.37 Å². The van der Waals surface area contributed by atoms with Crippen LogP contribution in [-0.2, 0) is 0 Å². The number of thiazole rings is 1. The van der Waals surface area contributed by atoms with E-state index in [1.54, 1.807) is 23.5 Å². The van der Waals surface area contributed by atoms with Crippen molar-refractivity contribution in [2.24, 2.45) is 5.92 Å². The second kappa shape index (κ2) is 8.25. The second-order valence-electron chi connectivity index (χ2n) is 7.08. The number of nitrogens with one attached hydrogen (secondary N) is 1. The summed E-state index contributed by atoms with van der Waals surface area (Å²) in [6.07, 6.45) is 0. The highest BCUT2D eigenvalue weighted by molar-refractivity contribution is 7.14. The number of aromatic nitrogens is 1. The van der Waals surface area contributed by atoms with Crippen LogP contribution >= 0.6 is 11.3 Å². The number of nitrogens with zero attached hydrogens (tertiary/aromatic N) is 3. The van der Waals surface area contributed by atoms with Gasteiger partial charge in [-0.2, -0.15) is 0 Å². The third kappa shape index (κ3) is 4.77. The molecule has 1 aromatic heterocycles. The Bertz CT molecular complexity index is 662. The van der Waals surface area contributed by atoms with Crippen LogP contribution in [-0.4, -0.2) is 60.6 Å². The van der Waals surface area contributed by atoms with E-state index in [1.807, 2.05) is 5.38 Å². The van der Waals surface area contributed by atoms with Crippen LogP contribution in [0.25, 0.3) is 11.3 Å². The third-order valence-corrected chi connectivity index (χ3v) is 5.68. The molecule has 1 aliphatic heterocycles. The molecule has 136 valence electrons. The third-order valence-electron chi connectivity index (χ3n) is 4.88. The molecule has 4 nitrogen and oxygen atoms in total. The van der Waals surface area contributed by atoms with Crippen molar-refractivity contribution in [1.82, 2.24) is 14.8 Å². The number of benzene rings is 1. The molecule has 25 heavy (non-hydrogen) atoms. The van der Waals surface area contributed by atoms with E-state index in [9.17, 15) is 4.39 Å². The van der Waals surface area contributed by atoms with Gasteiger partial charge in [0.2, 0.25) is 0 Å². The molecule has 1 aliphatic rings. The standard InChI is InChI=1S/C19H27FN4S/c1-14(2)18(24-10-8-23(3)9-11-24)12-21-19-22-17(13-25-19)15-4-6-16(20)7-5-15/h4-7,13-14,18H,8-12H2,1-3H3,(H,21,22). The van der Waals surface area contributed by atoms with Crippen LogP contribution < -0.4 is 5.32 Å². The Hall–Kier alpha value is -1.50. The zero-order valence-corrected chi connectivity index (χ0v) is 16.0. The van der Waals surface area contributed by atoms with Crippen LogP contribution in [0.5, 0.6) is 0 Å². The number of halogens is 1. The summed E-state index contributed by atoms with van der Waals surface area (Å²) in [6, 6.07) is 7.00. The zero-order valence-electron chi connectivity index (χ0n) is 15.2. The number of hydrogen-bond acceptors (Lipinski definition) is 5. The molecule has 6 heteroatoms. The molecule has 1 N–H and O–H groups in total. The van der Waals surface area contributed by atoms with Crippen molar-refractivity contribution in [3.8, 4) is 11.3 Å². The van der Waals surface area contributed by atoms with E-state index in [-0.39, 0.29) is 5.82 Å². The normalized spacial score (nSPS) is 17.8. The van der Waals surface area contributed by atoms with Crippen LogP contribution in [0.1, 0.15) is 13.8 Å². The van der Waals surface area contributed by atoms with Gasteiger partial charge in [0.15, 0.2) is 5.13 Å². The maximum Gasteiger partial charge on any atom is 0.183 e. The second-order valence-corrected chi connectivity index (χ2v) is 7.93. The van der Waals surface area contributed by atoms with E-state index < -0.39 is 0 Å². The summed E-state index contributed by atoms with van der Waals surface area (Å²) >= 11 is 1.61. The Labute approximate surface area is 153 Å². The summed E-state index contributed by atoms with van der Waals surface area (Å²) in [6.45, 7) is 9.99. The van der Waals surface area contributed by atoms with Gasteiger partial charge in [-0.05, 0) is 37.2 Å². The molecule has 1 fully saturated rings. The fraction of sp³-hybridized carbons (Fsp3) is 0.526. The molecule has 0 saturated carbocycles. The summed E-state index contributed by atoms with van der Waals surface area (Å²) in [7, 11) is 2.19. The number of hydrogen-bond donors (Lipinski definition) is 1. The molecule has 0 radical (unpaired) electrons. The largest absolute Gasteiger partial charge is 0.360 e. The molecule has 0 aliphatic carbocycles. The number of rotatable bonds is 6. The number of piperazine rings is 1. The SMILES string of the molecule is CC(C)C(CNc1nc(-c2ccc(F)cc2)cs1)N1CCN(C)CC1. The molecule has 0 amide bonds. The molecule has 0 spiro atoms. The van der Waals surface area contributed by atoms with Crippen molar-refractivity contribution < 1.29 is 4.39 Å². The van der Waals surface area contributed by atoms with Gasteiger partial charge in [0, 0.05) is 49.7 Å². The van der Waals surface area contributed by atoms with Crippen molar-refractivity contribution in [1.29, 1.82) is 0 Å². The fourth-order valence-corrected chi connectivity index (χ4v) is 3.97. The van der Waals surface area contributed by atoms with E-state index in [2.05, 4.69) is 41.0 Å². The predicted octanol–water partition coefficient (Wildman–Crippen LogP) is 3.63. The Morgan fingerprint density at radius 3 is 2.48 bits per heavy atom. The lowest BCUT2D eigenvalue weighted by molar-refractivity contribution is 0.0944. The van der Waals surface area contributed by atoms with Gasteiger partial charge in [-0.1, -0.05) is 13.8 Å². The molecular formula is C19H27FN4S. The van der Waals surface area contributed by atoms with Crippen molar-refractivity contribution in [2.45, 2.75) is 19.9 Å². The maximum atomic E-state index is 13.1. The Kier molecular flexibility index (Phi) is 6.04. The lowest BCUT2D eigenvalue weighted by Crippen LogP contribution is -2.52. The van der Waals surface area contributed by atoms with Crippen LogP contribution in [0.3, 0.4) is 0 Å². The monoisotopic (exact) mass is 362 g/mol. The van der Waals surface area contributed by atoms with Gasteiger partial charge in [0.25, 0.3) is 0 Å². The van der Waals surface area contributed by atoms with E-state index in [4.69, 9.17) is 0 Å². The van der Waals surface area contributed by atoms with Crippen LogP contribution in [0.4, 0.5) is 9.52 Å². The van der Waals surface area contributed by atoms with E-state index in [0.29, 0.717) is 12.0 Å². The summed E-state index contributed by atoms with van der Waals surface area (Å²) in [5.41, 5.74) is 1.85. The minimum atomic E-state index is -0.218. The molecule has 1 unspecified atom stereocenters. The maximum absolute atomic E-state index is 13.1.